The molecule has 0 aliphatic rings. The number of benzene rings is 1. The Morgan fingerprint density at radius 3 is 2.42 bits per heavy atom. The van der Waals surface area contributed by atoms with Gasteiger partial charge >= 0.3 is 0 Å². The van der Waals surface area contributed by atoms with Gasteiger partial charge < -0.3 is 5.32 Å². The van der Waals surface area contributed by atoms with Crippen molar-refractivity contribution >= 4 is 17.3 Å². The average molecular weight is 264 g/mol. The van der Waals surface area contributed by atoms with Gasteiger partial charge in [0, 0.05) is 23.7 Å². The van der Waals surface area contributed by atoms with E-state index in [1.807, 2.05) is 6.92 Å². The van der Waals surface area contributed by atoms with Crippen molar-refractivity contribution in [1.82, 2.24) is 0 Å². The number of non-ortho nitro benzene ring substituents is 1. The van der Waals surface area contributed by atoms with E-state index < -0.39 is 4.92 Å². The number of nitrogens with one attached hydrogen (secondary N) is 1. The molecule has 19 heavy (non-hydrogen) atoms. The molecule has 0 aliphatic carbocycles. The molecule has 104 valence electrons. The lowest BCUT2D eigenvalue weighted by atomic mass is 9.98. The zero-order valence-corrected chi connectivity index (χ0v) is 11.4. The number of anilines is 1. The van der Waals surface area contributed by atoms with Gasteiger partial charge in [-0.25, -0.2) is 0 Å². The maximum absolute atomic E-state index is 12.0. The van der Waals surface area contributed by atoms with Gasteiger partial charge in [0.25, 0.3) is 5.69 Å². The van der Waals surface area contributed by atoms with Gasteiger partial charge in [-0.2, -0.15) is 0 Å². The highest BCUT2D eigenvalue weighted by Crippen LogP contribution is 2.18. The molecule has 1 atom stereocenters. The normalized spacial score (nSPS) is 11.9. The molecule has 0 saturated heterocycles. The highest BCUT2D eigenvalue weighted by atomic mass is 16.6. The molecular formula is C14H20N2O3. The summed E-state index contributed by atoms with van der Waals surface area (Å²) < 4.78 is 0. The second-order valence-electron chi connectivity index (χ2n) is 4.54. The lowest BCUT2D eigenvalue weighted by Gasteiger charge is -2.14. The number of nitro groups is 1. The maximum Gasteiger partial charge on any atom is 0.269 e. The van der Waals surface area contributed by atoms with Crippen LogP contribution in [0.2, 0.25) is 0 Å². The van der Waals surface area contributed by atoms with Crippen LogP contribution in [0.1, 0.15) is 39.5 Å². The molecule has 0 aromatic heterocycles. The van der Waals surface area contributed by atoms with Gasteiger partial charge in [0.2, 0.25) is 5.91 Å². The molecule has 1 N–H and O–H groups in total. The maximum atomic E-state index is 12.0. The van der Waals surface area contributed by atoms with E-state index in [2.05, 4.69) is 12.2 Å². The smallest absolute Gasteiger partial charge is 0.269 e. The van der Waals surface area contributed by atoms with E-state index >= 15 is 0 Å². The minimum Gasteiger partial charge on any atom is -0.326 e. The van der Waals surface area contributed by atoms with Crippen LogP contribution in [0.15, 0.2) is 24.3 Å². The van der Waals surface area contributed by atoms with Crippen LogP contribution < -0.4 is 5.32 Å². The molecule has 0 aliphatic heterocycles. The van der Waals surface area contributed by atoms with Crippen molar-refractivity contribution < 1.29 is 9.72 Å². The standard InChI is InChI=1S/C14H20N2O3/c1-3-5-6-11(4-2)14(17)15-12-7-9-13(10-8-12)16(18)19/h7-11H,3-6H2,1-2H3,(H,15,17)/t11-/m1/s1. The monoisotopic (exact) mass is 264 g/mol. The molecule has 0 bridgehead atoms. The van der Waals surface area contributed by atoms with Crippen LogP contribution in [0, 0.1) is 16.0 Å². The number of amides is 1. The van der Waals surface area contributed by atoms with Crippen molar-refractivity contribution in [1.29, 1.82) is 0 Å². The van der Waals surface area contributed by atoms with E-state index in [-0.39, 0.29) is 17.5 Å². The van der Waals surface area contributed by atoms with E-state index in [1.165, 1.54) is 12.1 Å². The summed E-state index contributed by atoms with van der Waals surface area (Å²) in [6.45, 7) is 4.09. The van der Waals surface area contributed by atoms with Crippen LogP contribution in [0.25, 0.3) is 0 Å². The summed E-state index contributed by atoms with van der Waals surface area (Å²) >= 11 is 0. The van der Waals surface area contributed by atoms with E-state index in [4.69, 9.17) is 0 Å². The Bertz CT molecular complexity index is 429. The Labute approximate surface area is 113 Å². The fourth-order valence-corrected chi connectivity index (χ4v) is 1.88. The Morgan fingerprint density at radius 1 is 1.32 bits per heavy atom. The Kier molecular flexibility index (Phi) is 5.99. The zero-order valence-electron chi connectivity index (χ0n) is 11.4. The van der Waals surface area contributed by atoms with Gasteiger partial charge in [-0.3, -0.25) is 14.9 Å². The highest BCUT2D eigenvalue weighted by Gasteiger charge is 2.16. The summed E-state index contributed by atoms with van der Waals surface area (Å²) in [5, 5.41) is 13.3. The summed E-state index contributed by atoms with van der Waals surface area (Å²) in [7, 11) is 0. The van der Waals surface area contributed by atoms with Gasteiger partial charge in [-0.1, -0.05) is 26.7 Å². The quantitative estimate of drug-likeness (QED) is 0.602. The van der Waals surface area contributed by atoms with Crippen molar-refractivity contribution in [3.05, 3.63) is 34.4 Å². The number of hydrogen-bond acceptors (Lipinski definition) is 3. The van der Waals surface area contributed by atoms with Gasteiger partial charge in [0.15, 0.2) is 0 Å². The molecule has 0 radical (unpaired) electrons. The number of rotatable bonds is 7. The minimum absolute atomic E-state index is 0.00939. The second-order valence-corrected chi connectivity index (χ2v) is 4.54. The molecule has 0 fully saturated rings. The van der Waals surface area contributed by atoms with Gasteiger partial charge in [0.05, 0.1) is 4.92 Å². The molecular weight excluding hydrogens is 244 g/mol. The topological polar surface area (TPSA) is 72.2 Å². The third kappa shape index (κ3) is 4.69. The van der Waals surface area contributed by atoms with Crippen LogP contribution >= 0.6 is 0 Å². The fraction of sp³-hybridized carbons (Fsp3) is 0.500. The number of nitro benzene ring substituents is 1. The molecule has 1 aromatic carbocycles. The number of unbranched alkanes of at least 4 members (excludes halogenated alkanes) is 1. The van der Waals surface area contributed by atoms with Crippen molar-refractivity contribution in [2.45, 2.75) is 39.5 Å². The summed E-state index contributed by atoms with van der Waals surface area (Å²) in [5.74, 6) is -0.0000509. The highest BCUT2D eigenvalue weighted by molar-refractivity contribution is 5.92. The van der Waals surface area contributed by atoms with E-state index in [9.17, 15) is 14.9 Å². The summed E-state index contributed by atoms with van der Waals surface area (Å²) in [4.78, 5) is 22.1. The minimum atomic E-state index is -0.457. The SMILES string of the molecule is CCCC[C@@H](CC)C(=O)Nc1ccc([N+](=O)[O-])cc1. The molecule has 0 unspecified atom stereocenters. The van der Waals surface area contributed by atoms with Crippen molar-refractivity contribution in [2.75, 3.05) is 5.32 Å². The van der Waals surface area contributed by atoms with Gasteiger partial charge in [-0.05, 0) is 25.0 Å². The molecule has 0 saturated carbocycles. The summed E-state index contributed by atoms with van der Waals surface area (Å²) in [5.41, 5.74) is 0.626. The average Bonchev–Trinajstić information content (AvgIpc) is 2.40. The number of nitrogens with zero attached hydrogens (tertiary/aromatic N) is 1. The van der Waals surface area contributed by atoms with Crippen LogP contribution in [-0.2, 0) is 4.79 Å². The third-order valence-corrected chi connectivity index (χ3v) is 3.12. The number of hydrogen-bond donors (Lipinski definition) is 1. The van der Waals surface area contributed by atoms with Gasteiger partial charge in [0.1, 0.15) is 0 Å². The zero-order chi connectivity index (χ0) is 14.3. The Balaban J connectivity index is 2.62. The van der Waals surface area contributed by atoms with Gasteiger partial charge in [-0.15, -0.1) is 0 Å². The number of carbonyl (C=O) groups excluding carboxylic acids is 1. The lowest BCUT2D eigenvalue weighted by molar-refractivity contribution is -0.384. The molecule has 5 nitrogen and oxygen atoms in total. The lowest BCUT2D eigenvalue weighted by Crippen LogP contribution is -2.22. The predicted octanol–water partition coefficient (Wildman–Crippen LogP) is 3.75. The first kappa shape index (κ1) is 15.1. The van der Waals surface area contributed by atoms with E-state index in [0.717, 1.165) is 25.7 Å². The molecule has 5 heteroatoms. The molecule has 1 rings (SSSR count). The Hall–Kier alpha value is -1.91. The summed E-state index contributed by atoms with van der Waals surface area (Å²) in [6.07, 6.45) is 3.79. The second kappa shape index (κ2) is 7.51. The molecule has 0 heterocycles. The van der Waals surface area contributed by atoms with Crippen molar-refractivity contribution in [2.24, 2.45) is 5.92 Å². The van der Waals surface area contributed by atoms with Crippen LogP contribution in [0.5, 0.6) is 0 Å². The predicted molar refractivity (Wildman–Crippen MR) is 75.0 cm³/mol. The molecule has 0 spiro atoms. The fourth-order valence-electron chi connectivity index (χ4n) is 1.88. The van der Waals surface area contributed by atoms with Crippen LogP contribution in [-0.4, -0.2) is 10.8 Å². The first-order valence-electron chi connectivity index (χ1n) is 6.63. The largest absolute Gasteiger partial charge is 0.326 e. The van der Waals surface area contributed by atoms with Crippen LogP contribution in [0.4, 0.5) is 11.4 Å². The summed E-state index contributed by atoms with van der Waals surface area (Å²) in [6, 6.07) is 5.90. The first-order chi connectivity index (χ1) is 9.08. The third-order valence-electron chi connectivity index (χ3n) is 3.12. The Morgan fingerprint density at radius 2 is 1.95 bits per heavy atom. The molecule has 1 aromatic rings. The first-order valence-corrected chi connectivity index (χ1v) is 6.63. The van der Waals surface area contributed by atoms with Crippen molar-refractivity contribution in [3.63, 3.8) is 0 Å². The van der Waals surface area contributed by atoms with E-state index in [1.54, 1.807) is 12.1 Å². The van der Waals surface area contributed by atoms with E-state index in [0.29, 0.717) is 5.69 Å². The number of carbonyl (C=O) groups is 1. The van der Waals surface area contributed by atoms with Crippen LogP contribution in [0.3, 0.4) is 0 Å². The molecule has 1 amide bonds. The van der Waals surface area contributed by atoms with Crippen molar-refractivity contribution in [3.8, 4) is 0 Å².